The smallest absolute Gasteiger partial charge is 0.158 e. The number of rotatable bonds is 9. The van der Waals surface area contributed by atoms with E-state index in [1.165, 1.54) is 0 Å². The first-order valence-electron chi connectivity index (χ1n) is 6.55. The summed E-state index contributed by atoms with van der Waals surface area (Å²) in [6, 6.07) is 2.09. The van der Waals surface area contributed by atoms with Crippen LogP contribution < -0.4 is 10.6 Å². The molecule has 0 aliphatic rings. The fourth-order valence-electron chi connectivity index (χ4n) is 1.65. The van der Waals surface area contributed by atoms with E-state index in [1.54, 1.807) is 14.2 Å². The third-order valence-electron chi connectivity index (χ3n) is 2.41. The summed E-state index contributed by atoms with van der Waals surface area (Å²) in [6.45, 7) is 6.07. The SMILES string of the molecule is CCCNc1cc(NC(C)COC)nc(COC)n1. The zero-order valence-electron chi connectivity index (χ0n) is 12.2. The molecule has 6 heteroatoms. The Morgan fingerprint density at radius 2 is 1.95 bits per heavy atom. The van der Waals surface area contributed by atoms with Crippen LogP contribution >= 0.6 is 0 Å². The van der Waals surface area contributed by atoms with Gasteiger partial charge >= 0.3 is 0 Å². The highest BCUT2D eigenvalue weighted by Gasteiger charge is 2.07. The van der Waals surface area contributed by atoms with E-state index in [9.17, 15) is 0 Å². The Morgan fingerprint density at radius 3 is 2.58 bits per heavy atom. The van der Waals surface area contributed by atoms with Gasteiger partial charge in [0, 0.05) is 32.9 Å². The van der Waals surface area contributed by atoms with Crippen LogP contribution in [0.4, 0.5) is 11.6 Å². The van der Waals surface area contributed by atoms with Gasteiger partial charge < -0.3 is 20.1 Å². The number of nitrogens with zero attached hydrogens (tertiary/aromatic N) is 2. The van der Waals surface area contributed by atoms with Gasteiger partial charge in [0.1, 0.15) is 18.2 Å². The maximum Gasteiger partial charge on any atom is 0.158 e. The molecule has 0 aliphatic heterocycles. The molecule has 0 aliphatic carbocycles. The van der Waals surface area contributed by atoms with E-state index in [1.807, 2.05) is 13.0 Å². The Balaban J connectivity index is 2.79. The minimum atomic E-state index is 0.189. The van der Waals surface area contributed by atoms with E-state index in [0.29, 0.717) is 19.0 Å². The maximum atomic E-state index is 5.10. The Morgan fingerprint density at radius 1 is 1.21 bits per heavy atom. The van der Waals surface area contributed by atoms with Crippen molar-refractivity contribution >= 4 is 11.6 Å². The molecule has 0 aromatic carbocycles. The number of anilines is 2. The molecule has 0 spiro atoms. The van der Waals surface area contributed by atoms with Crippen molar-refractivity contribution < 1.29 is 9.47 Å². The van der Waals surface area contributed by atoms with Crippen LogP contribution in [0.2, 0.25) is 0 Å². The average molecular weight is 268 g/mol. The molecule has 108 valence electrons. The van der Waals surface area contributed by atoms with E-state index < -0.39 is 0 Å². The monoisotopic (exact) mass is 268 g/mol. The normalized spacial score (nSPS) is 12.2. The van der Waals surface area contributed by atoms with Crippen molar-refractivity contribution in [1.82, 2.24) is 9.97 Å². The summed E-state index contributed by atoms with van der Waals surface area (Å²) in [5, 5.41) is 6.55. The van der Waals surface area contributed by atoms with Gasteiger partial charge in [0.25, 0.3) is 0 Å². The van der Waals surface area contributed by atoms with Gasteiger partial charge in [-0.3, -0.25) is 0 Å². The second-order valence-electron chi connectivity index (χ2n) is 4.42. The number of aromatic nitrogens is 2. The molecule has 1 atom stereocenters. The molecule has 0 bridgehead atoms. The fourth-order valence-corrected chi connectivity index (χ4v) is 1.65. The van der Waals surface area contributed by atoms with Crippen LogP contribution in [-0.4, -0.2) is 43.4 Å². The van der Waals surface area contributed by atoms with E-state index in [4.69, 9.17) is 9.47 Å². The van der Waals surface area contributed by atoms with Crippen molar-refractivity contribution in [2.75, 3.05) is 38.0 Å². The standard InChI is InChI=1S/C13H24N4O2/c1-5-6-14-11-7-12(15-10(2)8-18-3)17-13(16-11)9-19-4/h7,10H,5-6,8-9H2,1-4H3,(H2,14,15,16,17). The molecule has 1 rings (SSSR count). The summed E-state index contributed by atoms with van der Waals surface area (Å²) in [7, 11) is 3.32. The first kappa shape index (κ1) is 15.7. The highest BCUT2D eigenvalue weighted by Crippen LogP contribution is 2.13. The second-order valence-corrected chi connectivity index (χ2v) is 4.42. The quantitative estimate of drug-likeness (QED) is 0.713. The van der Waals surface area contributed by atoms with Crippen molar-refractivity contribution in [3.8, 4) is 0 Å². The van der Waals surface area contributed by atoms with Gasteiger partial charge in [-0.1, -0.05) is 6.92 Å². The zero-order chi connectivity index (χ0) is 14.1. The zero-order valence-corrected chi connectivity index (χ0v) is 12.2. The Kier molecular flexibility index (Phi) is 7.14. The van der Waals surface area contributed by atoms with Crippen molar-refractivity contribution in [3.05, 3.63) is 11.9 Å². The van der Waals surface area contributed by atoms with E-state index in [-0.39, 0.29) is 6.04 Å². The van der Waals surface area contributed by atoms with Gasteiger partial charge in [0.2, 0.25) is 0 Å². The van der Waals surface area contributed by atoms with Gasteiger partial charge in [-0.25, -0.2) is 9.97 Å². The van der Waals surface area contributed by atoms with Gasteiger partial charge in [0.05, 0.1) is 6.61 Å². The van der Waals surface area contributed by atoms with E-state index in [0.717, 1.165) is 24.6 Å². The summed E-state index contributed by atoms with van der Waals surface area (Å²) in [5.41, 5.74) is 0. The van der Waals surface area contributed by atoms with Gasteiger partial charge in [0.15, 0.2) is 5.82 Å². The van der Waals surface area contributed by atoms with Crippen molar-refractivity contribution in [1.29, 1.82) is 0 Å². The highest BCUT2D eigenvalue weighted by atomic mass is 16.5. The Labute approximate surface area is 114 Å². The number of hydrogen-bond acceptors (Lipinski definition) is 6. The van der Waals surface area contributed by atoms with Gasteiger partial charge in [-0.05, 0) is 13.3 Å². The predicted molar refractivity (Wildman–Crippen MR) is 76.5 cm³/mol. The van der Waals surface area contributed by atoms with Crippen LogP contribution in [0.3, 0.4) is 0 Å². The van der Waals surface area contributed by atoms with E-state index >= 15 is 0 Å². The molecule has 0 amide bonds. The van der Waals surface area contributed by atoms with E-state index in [2.05, 4.69) is 27.5 Å². The molecule has 0 fully saturated rings. The summed E-state index contributed by atoms with van der Waals surface area (Å²) in [5.74, 6) is 2.26. The third kappa shape index (κ3) is 5.85. The van der Waals surface area contributed by atoms with Crippen LogP contribution in [0, 0.1) is 0 Å². The third-order valence-corrected chi connectivity index (χ3v) is 2.41. The Hall–Kier alpha value is -1.40. The number of methoxy groups -OCH3 is 2. The van der Waals surface area contributed by atoms with Crippen LogP contribution in [-0.2, 0) is 16.1 Å². The lowest BCUT2D eigenvalue weighted by molar-refractivity contribution is 0.178. The summed E-state index contributed by atoms with van der Waals surface area (Å²) < 4.78 is 10.2. The summed E-state index contributed by atoms with van der Waals surface area (Å²) >= 11 is 0. The lowest BCUT2D eigenvalue weighted by Crippen LogP contribution is -2.22. The second kappa shape index (κ2) is 8.66. The average Bonchev–Trinajstić information content (AvgIpc) is 2.36. The molecule has 2 N–H and O–H groups in total. The minimum Gasteiger partial charge on any atom is -0.383 e. The molecule has 19 heavy (non-hydrogen) atoms. The fraction of sp³-hybridized carbons (Fsp3) is 0.692. The van der Waals surface area contributed by atoms with Gasteiger partial charge in [-0.15, -0.1) is 0 Å². The van der Waals surface area contributed by atoms with Crippen LogP contribution in [0.15, 0.2) is 6.07 Å². The first-order valence-corrected chi connectivity index (χ1v) is 6.55. The largest absolute Gasteiger partial charge is 0.383 e. The summed E-state index contributed by atoms with van der Waals surface area (Å²) in [6.07, 6.45) is 1.05. The lowest BCUT2D eigenvalue weighted by atomic mass is 10.3. The molecule has 1 aromatic rings. The predicted octanol–water partition coefficient (Wildman–Crippen LogP) is 1.89. The van der Waals surface area contributed by atoms with Crippen molar-refractivity contribution in [3.63, 3.8) is 0 Å². The molecule has 0 radical (unpaired) electrons. The molecule has 1 unspecified atom stereocenters. The molecule has 1 aromatic heterocycles. The number of hydrogen-bond donors (Lipinski definition) is 2. The number of nitrogens with one attached hydrogen (secondary N) is 2. The van der Waals surface area contributed by atoms with Gasteiger partial charge in [-0.2, -0.15) is 0 Å². The molecule has 0 saturated heterocycles. The first-order chi connectivity index (χ1) is 9.19. The summed E-state index contributed by atoms with van der Waals surface area (Å²) in [4.78, 5) is 8.81. The Bertz CT molecular complexity index is 374. The molecular weight excluding hydrogens is 244 g/mol. The molecule has 0 saturated carbocycles. The molecule has 6 nitrogen and oxygen atoms in total. The van der Waals surface area contributed by atoms with Crippen LogP contribution in [0.25, 0.3) is 0 Å². The van der Waals surface area contributed by atoms with Crippen LogP contribution in [0.5, 0.6) is 0 Å². The minimum absolute atomic E-state index is 0.189. The van der Waals surface area contributed by atoms with Crippen molar-refractivity contribution in [2.24, 2.45) is 0 Å². The molecular formula is C13H24N4O2. The highest BCUT2D eigenvalue weighted by molar-refractivity contribution is 5.48. The molecule has 1 heterocycles. The maximum absolute atomic E-state index is 5.10. The van der Waals surface area contributed by atoms with Crippen LogP contribution in [0.1, 0.15) is 26.1 Å². The topological polar surface area (TPSA) is 68.3 Å². The lowest BCUT2D eigenvalue weighted by Gasteiger charge is -2.15. The number of ether oxygens (including phenoxy) is 2. The van der Waals surface area contributed by atoms with Crippen molar-refractivity contribution in [2.45, 2.75) is 32.9 Å².